The first-order valence-corrected chi connectivity index (χ1v) is 10.6. The molecule has 1 aromatic heterocycles. The number of nitrogens with one attached hydrogen (secondary N) is 1. The largest absolute Gasteiger partial charge is 0.496 e. The molecule has 176 valence electrons. The number of methoxy groups -OCH3 is 3. The summed E-state index contributed by atoms with van der Waals surface area (Å²) in [6.45, 7) is 0.451. The van der Waals surface area contributed by atoms with E-state index in [4.69, 9.17) is 18.7 Å². The second kappa shape index (κ2) is 11.3. The minimum atomic E-state index is -0.0948. The van der Waals surface area contributed by atoms with Gasteiger partial charge in [0.25, 0.3) is 0 Å². The van der Waals surface area contributed by atoms with Crippen molar-refractivity contribution in [1.29, 1.82) is 0 Å². The Bertz CT molecular complexity index is 1070. The first-order valence-electron chi connectivity index (χ1n) is 10.6. The van der Waals surface area contributed by atoms with Gasteiger partial charge in [0.1, 0.15) is 5.75 Å². The number of carbonyl (C=O) groups is 1. The zero-order valence-electron chi connectivity index (χ0n) is 19.6. The van der Waals surface area contributed by atoms with Gasteiger partial charge in [0.2, 0.25) is 17.6 Å². The molecule has 1 N–H and O–H groups in total. The Balaban J connectivity index is 1.57. The van der Waals surface area contributed by atoms with Gasteiger partial charge in [0.15, 0.2) is 11.5 Å². The van der Waals surface area contributed by atoms with Crippen molar-refractivity contribution in [2.24, 2.45) is 0 Å². The molecule has 9 nitrogen and oxygen atoms in total. The van der Waals surface area contributed by atoms with Crippen LogP contribution in [0.2, 0.25) is 0 Å². The number of ether oxygens (including phenoxy) is 3. The third-order valence-corrected chi connectivity index (χ3v) is 5.29. The summed E-state index contributed by atoms with van der Waals surface area (Å²) < 4.78 is 21.4. The maximum atomic E-state index is 12.5. The lowest BCUT2D eigenvalue weighted by Crippen LogP contribution is -2.34. The SMILES string of the molecule is COc1ccc(-c2noc(CCC(=O)NCC(c3ccccc3OC)N(C)C)n2)cc1OC. The smallest absolute Gasteiger partial charge is 0.227 e. The lowest BCUT2D eigenvalue weighted by Gasteiger charge is -2.26. The van der Waals surface area contributed by atoms with Crippen LogP contribution in [0.3, 0.4) is 0 Å². The van der Waals surface area contributed by atoms with Crippen LogP contribution >= 0.6 is 0 Å². The molecule has 0 bridgehead atoms. The lowest BCUT2D eigenvalue weighted by molar-refractivity contribution is -0.121. The molecule has 3 aromatic rings. The van der Waals surface area contributed by atoms with Crippen molar-refractivity contribution in [3.8, 4) is 28.6 Å². The Morgan fingerprint density at radius 3 is 2.45 bits per heavy atom. The van der Waals surface area contributed by atoms with Gasteiger partial charge >= 0.3 is 0 Å². The van der Waals surface area contributed by atoms with Crippen LogP contribution in [-0.2, 0) is 11.2 Å². The zero-order chi connectivity index (χ0) is 23.8. The van der Waals surface area contributed by atoms with Gasteiger partial charge in [-0.15, -0.1) is 0 Å². The molecule has 1 atom stereocenters. The molecule has 1 heterocycles. The first kappa shape index (κ1) is 24.1. The van der Waals surface area contributed by atoms with E-state index in [0.29, 0.717) is 36.2 Å². The average molecular weight is 455 g/mol. The normalized spacial score (nSPS) is 11.8. The number of likely N-dealkylation sites (N-methyl/N-ethyl adjacent to an activating group) is 1. The monoisotopic (exact) mass is 454 g/mol. The summed E-state index contributed by atoms with van der Waals surface area (Å²) in [6.07, 6.45) is 0.576. The fraction of sp³-hybridized carbons (Fsp3) is 0.375. The number of carbonyl (C=O) groups excluding carboxylic acids is 1. The lowest BCUT2D eigenvalue weighted by atomic mass is 10.0. The van der Waals surface area contributed by atoms with E-state index in [0.717, 1.165) is 16.9 Å². The van der Waals surface area contributed by atoms with E-state index in [-0.39, 0.29) is 18.4 Å². The summed E-state index contributed by atoms with van der Waals surface area (Å²) >= 11 is 0. The van der Waals surface area contributed by atoms with Crippen LogP contribution in [0.5, 0.6) is 17.2 Å². The van der Waals surface area contributed by atoms with Crippen LogP contribution in [0.4, 0.5) is 0 Å². The fourth-order valence-electron chi connectivity index (χ4n) is 3.48. The predicted molar refractivity (Wildman–Crippen MR) is 124 cm³/mol. The summed E-state index contributed by atoms with van der Waals surface area (Å²) in [6, 6.07) is 13.2. The Hall–Kier alpha value is -3.59. The Morgan fingerprint density at radius 2 is 1.76 bits per heavy atom. The number of hydrogen-bond acceptors (Lipinski definition) is 8. The highest BCUT2D eigenvalue weighted by atomic mass is 16.5. The molecule has 0 aliphatic rings. The molecule has 0 aliphatic heterocycles. The van der Waals surface area contributed by atoms with Crippen LogP contribution in [0.15, 0.2) is 47.0 Å². The molecular weight excluding hydrogens is 424 g/mol. The average Bonchev–Trinajstić information content (AvgIpc) is 3.31. The van der Waals surface area contributed by atoms with Gasteiger partial charge in [-0.2, -0.15) is 4.98 Å². The third-order valence-electron chi connectivity index (χ3n) is 5.29. The van der Waals surface area contributed by atoms with Gasteiger partial charge in [-0.1, -0.05) is 23.4 Å². The summed E-state index contributed by atoms with van der Waals surface area (Å²) in [4.78, 5) is 18.9. The van der Waals surface area contributed by atoms with Crippen LogP contribution in [-0.4, -0.2) is 62.9 Å². The second-order valence-electron chi connectivity index (χ2n) is 7.61. The van der Waals surface area contributed by atoms with Gasteiger partial charge in [-0.3, -0.25) is 4.79 Å². The number of aryl methyl sites for hydroxylation is 1. The third kappa shape index (κ3) is 6.01. The van der Waals surface area contributed by atoms with E-state index in [9.17, 15) is 4.79 Å². The van der Waals surface area contributed by atoms with Crippen molar-refractivity contribution in [1.82, 2.24) is 20.4 Å². The topological polar surface area (TPSA) is 99.0 Å². The number of nitrogens with zero attached hydrogens (tertiary/aromatic N) is 3. The predicted octanol–water partition coefficient (Wildman–Crippen LogP) is 3.11. The zero-order valence-corrected chi connectivity index (χ0v) is 19.6. The van der Waals surface area contributed by atoms with Crippen molar-refractivity contribution < 1.29 is 23.5 Å². The molecule has 1 amide bonds. The maximum Gasteiger partial charge on any atom is 0.227 e. The van der Waals surface area contributed by atoms with E-state index in [2.05, 4.69) is 15.5 Å². The van der Waals surface area contributed by atoms with E-state index in [1.807, 2.05) is 49.3 Å². The number of para-hydroxylation sites is 1. The number of benzene rings is 2. The van der Waals surface area contributed by atoms with Crippen LogP contribution in [0.1, 0.15) is 23.9 Å². The molecule has 0 saturated heterocycles. The van der Waals surface area contributed by atoms with Gasteiger partial charge < -0.3 is 29.0 Å². The highest BCUT2D eigenvalue weighted by Crippen LogP contribution is 2.31. The number of rotatable bonds is 11. The van der Waals surface area contributed by atoms with E-state index < -0.39 is 0 Å². The molecule has 33 heavy (non-hydrogen) atoms. The van der Waals surface area contributed by atoms with Gasteiger partial charge in [0.05, 0.1) is 27.4 Å². The quantitative estimate of drug-likeness (QED) is 0.472. The van der Waals surface area contributed by atoms with E-state index in [1.54, 1.807) is 33.5 Å². The minimum Gasteiger partial charge on any atom is -0.496 e. The summed E-state index contributed by atoms with van der Waals surface area (Å²) in [5.41, 5.74) is 1.75. The molecular formula is C24H30N4O5. The van der Waals surface area contributed by atoms with Gasteiger partial charge in [-0.25, -0.2) is 0 Å². The molecule has 2 aromatic carbocycles. The van der Waals surface area contributed by atoms with E-state index >= 15 is 0 Å². The van der Waals surface area contributed by atoms with Crippen LogP contribution in [0.25, 0.3) is 11.4 Å². The van der Waals surface area contributed by atoms with Gasteiger partial charge in [-0.05, 0) is 38.4 Å². The Kier molecular flexibility index (Phi) is 8.26. The minimum absolute atomic E-state index is 0.0230. The van der Waals surface area contributed by atoms with Crippen molar-refractivity contribution in [2.75, 3.05) is 42.0 Å². The fourth-order valence-corrected chi connectivity index (χ4v) is 3.48. The van der Waals surface area contributed by atoms with Crippen molar-refractivity contribution in [2.45, 2.75) is 18.9 Å². The molecule has 0 saturated carbocycles. The summed E-state index contributed by atoms with van der Waals surface area (Å²) in [5.74, 6) is 2.71. The summed E-state index contributed by atoms with van der Waals surface area (Å²) in [7, 11) is 8.72. The first-order chi connectivity index (χ1) is 16.0. The van der Waals surface area contributed by atoms with Crippen LogP contribution in [0, 0.1) is 0 Å². The van der Waals surface area contributed by atoms with Gasteiger partial charge in [0, 0.05) is 30.5 Å². The highest BCUT2D eigenvalue weighted by Gasteiger charge is 2.19. The highest BCUT2D eigenvalue weighted by molar-refractivity contribution is 5.76. The Labute approximate surface area is 193 Å². The van der Waals surface area contributed by atoms with Crippen molar-refractivity contribution in [3.05, 3.63) is 53.9 Å². The molecule has 9 heteroatoms. The second-order valence-corrected chi connectivity index (χ2v) is 7.61. The summed E-state index contributed by atoms with van der Waals surface area (Å²) in [5, 5.41) is 7.01. The number of aromatic nitrogens is 2. The van der Waals surface area contributed by atoms with Crippen LogP contribution < -0.4 is 19.5 Å². The standard InChI is InChI=1S/C24H30N4O5/c1-28(2)18(17-8-6-7-9-19(17)30-3)15-25-22(29)12-13-23-26-24(27-33-23)16-10-11-20(31-4)21(14-16)32-5/h6-11,14,18H,12-13,15H2,1-5H3,(H,25,29). The van der Waals surface area contributed by atoms with Crippen molar-refractivity contribution in [3.63, 3.8) is 0 Å². The molecule has 0 fully saturated rings. The molecule has 3 rings (SSSR count). The Morgan fingerprint density at radius 1 is 1.03 bits per heavy atom. The van der Waals surface area contributed by atoms with Crippen molar-refractivity contribution >= 4 is 5.91 Å². The maximum absolute atomic E-state index is 12.5. The molecule has 1 unspecified atom stereocenters. The van der Waals surface area contributed by atoms with E-state index in [1.165, 1.54) is 0 Å². The number of amides is 1. The number of hydrogen-bond donors (Lipinski definition) is 1. The molecule has 0 radical (unpaired) electrons. The molecule has 0 spiro atoms. The molecule has 0 aliphatic carbocycles.